The summed E-state index contributed by atoms with van der Waals surface area (Å²) in [4.78, 5) is 10.9. The number of terminal acetylenes is 1. The molecule has 80 valence electrons. The van der Waals surface area contributed by atoms with Crippen LogP contribution in [0, 0.1) is 12.3 Å². The van der Waals surface area contributed by atoms with E-state index in [0.717, 1.165) is 6.42 Å². The molecule has 0 rings (SSSR count). The molecule has 0 heterocycles. The topological polar surface area (TPSA) is 38.3 Å². The Bertz CT molecular complexity index is 208. The van der Waals surface area contributed by atoms with Gasteiger partial charge in [-0.05, 0) is 13.3 Å². The standard InChI is InChI=1S/C11H19NO2/c1-5-7-10(6-2)12-9(3)8-11(13)14-4/h1,9-10,12H,6-8H2,2-4H3. The first kappa shape index (κ1) is 13.0. The number of esters is 1. The molecular formula is C11H19NO2. The van der Waals surface area contributed by atoms with E-state index in [1.165, 1.54) is 7.11 Å². The summed E-state index contributed by atoms with van der Waals surface area (Å²) in [7, 11) is 1.40. The molecule has 0 saturated heterocycles. The van der Waals surface area contributed by atoms with Gasteiger partial charge in [0.15, 0.2) is 0 Å². The van der Waals surface area contributed by atoms with Gasteiger partial charge in [0.05, 0.1) is 13.5 Å². The SMILES string of the molecule is C#CCC(CC)NC(C)CC(=O)OC. The van der Waals surface area contributed by atoms with Crippen molar-refractivity contribution < 1.29 is 9.53 Å². The van der Waals surface area contributed by atoms with Gasteiger partial charge in [0.2, 0.25) is 0 Å². The predicted molar refractivity (Wildman–Crippen MR) is 56.8 cm³/mol. The largest absolute Gasteiger partial charge is 0.469 e. The van der Waals surface area contributed by atoms with Crippen LogP contribution in [0.25, 0.3) is 0 Å². The molecule has 0 aromatic rings. The Balaban J connectivity index is 3.84. The molecule has 1 N–H and O–H groups in total. The maximum Gasteiger partial charge on any atom is 0.307 e. The van der Waals surface area contributed by atoms with Crippen molar-refractivity contribution in [3.05, 3.63) is 0 Å². The third kappa shape index (κ3) is 5.60. The minimum Gasteiger partial charge on any atom is -0.469 e. The Hall–Kier alpha value is -1.01. The lowest BCUT2D eigenvalue weighted by molar-refractivity contribution is -0.141. The fourth-order valence-electron chi connectivity index (χ4n) is 1.26. The Morgan fingerprint density at radius 1 is 1.64 bits per heavy atom. The maximum absolute atomic E-state index is 10.9. The molecule has 0 amide bonds. The molecular weight excluding hydrogens is 178 g/mol. The van der Waals surface area contributed by atoms with Gasteiger partial charge in [0.25, 0.3) is 0 Å². The van der Waals surface area contributed by atoms with Crippen LogP contribution in [0.1, 0.15) is 33.1 Å². The van der Waals surface area contributed by atoms with Crippen molar-refractivity contribution in [2.45, 2.75) is 45.2 Å². The van der Waals surface area contributed by atoms with E-state index in [-0.39, 0.29) is 12.0 Å². The lowest BCUT2D eigenvalue weighted by atomic mass is 10.1. The summed E-state index contributed by atoms with van der Waals surface area (Å²) < 4.78 is 4.58. The third-order valence-corrected chi connectivity index (χ3v) is 2.08. The normalized spacial score (nSPS) is 14.1. The van der Waals surface area contributed by atoms with Crippen molar-refractivity contribution in [1.82, 2.24) is 5.32 Å². The second-order valence-electron chi connectivity index (χ2n) is 3.36. The highest BCUT2D eigenvalue weighted by molar-refractivity contribution is 5.69. The zero-order valence-electron chi connectivity index (χ0n) is 9.17. The van der Waals surface area contributed by atoms with E-state index in [9.17, 15) is 4.79 Å². The van der Waals surface area contributed by atoms with Crippen LogP contribution in [-0.4, -0.2) is 25.2 Å². The molecule has 0 fully saturated rings. The van der Waals surface area contributed by atoms with Crippen LogP contribution in [0.3, 0.4) is 0 Å². The molecule has 2 atom stereocenters. The lowest BCUT2D eigenvalue weighted by Crippen LogP contribution is -2.37. The van der Waals surface area contributed by atoms with Crippen molar-refractivity contribution in [2.24, 2.45) is 0 Å². The van der Waals surface area contributed by atoms with Crippen molar-refractivity contribution in [3.8, 4) is 12.3 Å². The fraction of sp³-hybridized carbons (Fsp3) is 0.727. The molecule has 0 radical (unpaired) electrons. The van der Waals surface area contributed by atoms with E-state index < -0.39 is 0 Å². The van der Waals surface area contributed by atoms with Crippen molar-refractivity contribution in [3.63, 3.8) is 0 Å². The van der Waals surface area contributed by atoms with E-state index in [2.05, 4.69) is 22.9 Å². The smallest absolute Gasteiger partial charge is 0.307 e. The first-order chi connectivity index (χ1) is 6.63. The molecule has 0 saturated carbocycles. The number of rotatable bonds is 6. The molecule has 0 aliphatic rings. The second kappa shape index (κ2) is 7.40. The van der Waals surface area contributed by atoms with Gasteiger partial charge in [-0.25, -0.2) is 0 Å². The molecule has 0 aliphatic heterocycles. The summed E-state index contributed by atoms with van der Waals surface area (Å²) >= 11 is 0. The van der Waals surface area contributed by atoms with Crippen LogP contribution in [0.4, 0.5) is 0 Å². The number of hydrogen-bond donors (Lipinski definition) is 1. The second-order valence-corrected chi connectivity index (χ2v) is 3.36. The van der Waals surface area contributed by atoms with E-state index in [1.54, 1.807) is 0 Å². The molecule has 14 heavy (non-hydrogen) atoms. The lowest BCUT2D eigenvalue weighted by Gasteiger charge is -2.19. The van der Waals surface area contributed by atoms with Crippen molar-refractivity contribution in [2.75, 3.05) is 7.11 Å². The highest BCUT2D eigenvalue weighted by Crippen LogP contribution is 2.01. The average molecular weight is 197 g/mol. The first-order valence-corrected chi connectivity index (χ1v) is 4.90. The monoisotopic (exact) mass is 197 g/mol. The molecule has 3 nitrogen and oxygen atoms in total. The molecule has 0 aromatic heterocycles. The average Bonchev–Trinajstić information content (AvgIpc) is 2.16. The van der Waals surface area contributed by atoms with Crippen LogP contribution in [0.2, 0.25) is 0 Å². The zero-order valence-corrected chi connectivity index (χ0v) is 9.17. The Labute approximate surface area is 86.2 Å². The number of methoxy groups -OCH3 is 1. The van der Waals surface area contributed by atoms with E-state index in [0.29, 0.717) is 18.9 Å². The van der Waals surface area contributed by atoms with Gasteiger partial charge in [-0.2, -0.15) is 0 Å². The number of ether oxygens (including phenoxy) is 1. The van der Waals surface area contributed by atoms with E-state index >= 15 is 0 Å². The van der Waals surface area contributed by atoms with Gasteiger partial charge >= 0.3 is 5.97 Å². The third-order valence-electron chi connectivity index (χ3n) is 2.08. The molecule has 0 spiro atoms. The molecule has 0 aliphatic carbocycles. The molecule has 2 unspecified atom stereocenters. The van der Waals surface area contributed by atoms with Crippen molar-refractivity contribution >= 4 is 5.97 Å². The van der Waals surface area contributed by atoms with Crippen LogP contribution in [0.15, 0.2) is 0 Å². The maximum atomic E-state index is 10.9. The van der Waals surface area contributed by atoms with Crippen molar-refractivity contribution in [1.29, 1.82) is 0 Å². The molecule has 0 bridgehead atoms. The van der Waals surface area contributed by atoms with Gasteiger partial charge in [-0.3, -0.25) is 4.79 Å². The predicted octanol–water partition coefficient (Wildman–Crippen LogP) is 1.33. The molecule has 0 aromatic carbocycles. The van der Waals surface area contributed by atoms with Gasteiger partial charge < -0.3 is 10.1 Å². The van der Waals surface area contributed by atoms with Crippen LogP contribution < -0.4 is 5.32 Å². The van der Waals surface area contributed by atoms with Crippen LogP contribution >= 0.6 is 0 Å². The number of carbonyl (C=O) groups is 1. The first-order valence-electron chi connectivity index (χ1n) is 4.90. The highest BCUT2D eigenvalue weighted by atomic mass is 16.5. The Morgan fingerprint density at radius 3 is 2.71 bits per heavy atom. The summed E-state index contributed by atoms with van der Waals surface area (Å²) in [6.45, 7) is 4.02. The minimum absolute atomic E-state index is 0.112. The molecule has 3 heteroatoms. The summed E-state index contributed by atoms with van der Waals surface area (Å²) in [5.41, 5.74) is 0. The minimum atomic E-state index is -0.194. The van der Waals surface area contributed by atoms with Crippen LogP contribution in [0.5, 0.6) is 0 Å². The zero-order chi connectivity index (χ0) is 11.0. The van der Waals surface area contributed by atoms with Gasteiger partial charge in [-0.1, -0.05) is 6.92 Å². The van der Waals surface area contributed by atoms with E-state index in [1.807, 2.05) is 6.92 Å². The summed E-state index contributed by atoms with van der Waals surface area (Å²) in [6, 6.07) is 0.403. The number of nitrogens with one attached hydrogen (secondary N) is 1. The summed E-state index contributed by atoms with van der Waals surface area (Å²) in [6.07, 6.45) is 7.28. The summed E-state index contributed by atoms with van der Waals surface area (Å²) in [5.74, 6) is 2.42. The van der Waals surface area contributed by atoms with Gasteiger partial charge in [0.1, 0.15) is 0 Å². The Kier molecular flexibility index (Phi) is 6.87. The van der Waals surface area contributed by atoms with Crippen LogP contribution in [-0.2, 0) is 9.53 Å². The van der Waals surface area contributed by atoms with Gasteiger partial charge in [0, 0.05) is 18.5 Å². The fourth-order valence-corrected chi connectivity index (χ4v) is 1.26. The summed E-state index contributed by atoms with van der Waals surface area (Å²) in [5, 5.41) is 3.29. The number of hydrogen-bond acceptors (Lipinski definition) is 3. The van der Waals surface area contributed by atoms with E-state index in [4.69, 9.17) is 6.42 Å². The highest BCUT2D eigenvalue weighted by Gasteiger charge is 2.12. The Morgan fingerprint density at radius 2 is 2.29 bits per heavy atom. The van der Waals surface area contributed by atoms with Gasteiger partial charge in [-0.15, -0.1) is 12.3 Å². The number of carbonyl (C=O) groups excluding carboxylic acids is 1. The quantitative estimate of drug-likeness (QED) is 0.515.